The molecule has 1 N–H and O–H groups in total. The molecular weight excluding hydrogens is 433 g/mol. The Morgan fingerprint density at radius 2 is 1.82 bits per heavy atom. The first kappa shape index (κ1) is 23.7. The smallest absolute Gasteiger partial charge is 0.390 e. The molecule has 0 unspecified atom stereocenters. The number of ether oxygens (including phenoxy) is 1. The summed E-state index contributed by atoms with van der Waals surface area (Å²) in [6, 6.07) is 14.7. The number of halogens is 3. The van der Waals surface area contributed by atoms with Gasteiger partial charge in [0.05, 0.1) is 36.9 Å². The van der Waals surface area contributed by atoms with E-state index in [2.05, 4.69) is 22.0 Å². The van der Waals surface area contributed by atoms with Gasteiger partial charge in [-0.25, -0.2) is 4.98 Å². The molecule has 9 heteroatoms. The highest BCUT2D eigenvalue weighted by atomic mass is 19.4. The van der Waals surface area contributed by atoms with Gasteiger partial charge in [-0.05, 0) is 30.3 Å². The Bertz CT molecular complexity index is 1060. The molecule has 178 valence electrons. The second-order valence-electron chi connectivity index (χ2n) is 8.59. The molecule has 1 atom stereocenters. The summed E-state index contributed by atoms with van der Waals surface area (Å²) in [5.41, 5.74) is 2.94. The van der Waals surface area contributed by atoms with Crippen molar-refractivity contribution >= 4 is 11.0 Å². The van der Waals surface area contributed by atoms with Crippen LogP contribution in [0.5, 0.6) is 0 Å². The minimum absolute atomic E-state index is 0.184. The van der Waals surface area contributed by atoms with Gasteiger partial charge in [-0.15, -0.1) is 0 Å². The Morgan fingerprint density at radius 1 is 1.09 bits per heavy atom. The van der Waals surface area contributed by atoms with Crippen LogP contribution in [0, 0.1) is 0 Å². The molecule has 0 radical (unpaired) electrons. The van der Waals surface area contributed by atoms with E-state index in [0.29, 0.717) is 12.1 Å². The number of aliphatic hydroxyl groups excluding tert-OH is 1. The standard InChI is InChI=1S/C24H29F3N4O2/c1-29(14-18-5-4-6-19(13-18)15-30-9-11-33-12-10-30)16-20(32)17-31-22-8-3-2-7-21(22)28-23(31)24(25,26)27/h2-8,13,20,32H,9-12,14-17H2,1H3/t20-/m1/s1. The van der Waals surface area contributed by atoms with Gasteiger partial charge in [-0.1, -0.05) is 36.4 Å². The summed E-state index contributed by atoms with van der Waals surface area (Å²) in [7, 11) is 1.86. The normalized spacial score (nSPS) is 16.5. The van der Waals surface area contributed by atoms with Crippen LogP contribution in [0.1, 0.15) is 17.0 Å². The Kier molecular flexibility index (Phi) is 7.33. The molecule has 4 rings (SSSR count). The van der Waals surface area contributed by atoms with Crippen LogP contribution >= 0.6 is 0 Å². The van der Waals surface area contributed by atoms with E-state index in [1.54, 1.807) is 24.3 Å². The largest absolute Gasteiger partial charge is 0.449 e. The van der Waals surface area contributed by atoms with Crippen LogP contribution in [0.3, 0.4) is 0 Å². The van der Waals surface area contributed by atoms with E-state index < -0.39 is 18.1 Å². The molecule has 1 fully saturated rings. The minimum Gasteiger partial charge on any atom is -0.390 e. The van der Waals surface area contributed by atoms with Gasteiger partial charge in [-0.2, -0.15) is 13.2 Å². The van der Waals surface area contributed by atoms with E-state index in [4.69, 9.17) is 4.74 Å². The molecule has 2 aromatic carbocycles. The van der Waals surface area contributed by atoms with Crippen molar-refractivity contribution in [2.75, 3.05) is 39.9 Å². The minimum atomic E-state index is -4.59. The summed E-state index contributed by atoms with van der Waals surface area (Å²) in [5.74, 6) is -0.985. The van der Waals surface area contributed by atoms with Crippen LogP contribution in [0.15, 0.2) is 48.5 Å². The Hall–Kier alpha value is -2.46. The zero-order valence-electron chi connectivity index (χ0n) is 18.6. The van der Waals surface area contributed by atoms with E-state index in [1.165, 1.54) is 5.56 Å². The third-order valence-electron chi connectivity index (χ3n) is 5.78. The van der Waals surface area contributed by atoms with E-state index in [0.717, 1.165) is 43.0 Å². The van der Waals surface area contributed by atoms with Crippen LogP contribution in [0.2, 0.25) is 0 Å². The molecular formula is C24H29F3N4O2. The average Bonchev–Trinajstić information content (AvgIpc) is 3.13. The Morgan fingerprint density at radius 3 is 2.58 bits per heavy atom. The molecule has 1 aromatic heterocycles. The monoisotopic (exact) mass is 462 g/mol. The lowest BCUT2D eigenvalue weighted by molar-refractivity contribution is -0.147. The predicted octanol–water partition coefficient (Wildman–Crippen LogP) is 3.38. The summed E-state index contributed by atoms with van der Waals surface area (Å²) < 4.78 is 47.0. The number of aliphatic hydroxyl groups is 1. The summed E-state index contributed by atoms with van der Waals surface area (Å²) in [6.45, 7) is 4.83. The highest BCUT2D eigenvalue weighted by Crippen LogP contribution is 2.31. The molecule has 1 aliphatic rings. The Balaban J connectivity index is 1.39. The molecule has 1 saturated heterocycles. The first-order valence-electron chi connectivity index (χ1n) is 11.1. The fourth-order valence-electron chi connectivity index (χ4n) is 4.33. The van der Waals surface area contributed by atoms with Crippen molar-refractivity contribution in [1.29, 1.82) is 0 Å². The van der Waals surface area contributed by atoms with Crippen molar-refractivity contribution in [3.63, 3.8) is 0 Å². The topological polar surface area (TPSA) is 53.8 Å². The van der Waals surface area contributed by atoms with Crippen LogP contribution in [0.4, 0.5) is 13.2 Å². The maximum atomic E-state index is 13.5. The van der Waals surface area contributed by atoms with Crippen LogP contribution in [-0.2, 0) is 30.5 Å². The number of alkyl halides is 3. The van der Waals surface area contributed by atoms with E-state index in [1.807, 2.05) is 24.1 Å². The number of likely N-dealkylation sites (N-methyl/N-ethyl adjacent to an activating group) is 1. The zero-order valence-corrected chi connectivity index (χ0v) is 18.6. The molecule has 2 heterocycles. The summed E-state index contributed by atoms with van der Waals surface area (Å²) in [4.78, 5) is 8.02. The lowest BCUT2D eigenvalue weighted by Gasteiger charge is -2.27. The highest BCUT2D eigenvalue weighted by Gasteiger charge is 2.38. The summed E-state index contributed by atoms with van der Waals surface area (Å²) in [5, 5.41) is 10.6. The highest BCUT2D eigenvalue weighted by molar-refractivity contribution is 5.76. The van der Waals surface area contributed by atoms with Gasteiger partial charge in [-0.3, -0.25) is 9.80 Å². The zero-order chi connectivity index (χ0) is 23.4. The van der Waals surface area contributed by atoms with Gasteiger partial charge < -0.3 is 14.4 Å². The quantitative estimate of drug-likeness (QED) is 0.556. The number of para-hydroxylation sites is 2. The lowest BCUT2D eigenvalue weighted by Crippen LogP contribution is -2.35. The fourth-order valence-corrected chi connectivity index (χ4v) is 4.33. The number of aromatic nitrogens is 2. The van der Waals surface area contributed by atoms with E-state index >= 15 is 0 Å². The van der Waals surface area contributed by atoms with Crippen molar-refractivity contribution < 1.29 is 23.0 Å². The van der Waals surface area contributed by atoms with Crippen molar-refractivity contribution in [2.45, 2.75) is 31.9 Å². The van der Waals surface area contributed by atoms with Gasteiger partial charge in [0.25, 0.3) is 0 Å². The molecule has 0 spiro atoms. The van der Waals surface area contributed by atoms with Crippen LogP contribution < -0.4 is 0 Å². The third kappa shape index (κ3) is 6.11. The van der Waals surface area contributed by atoms with E-state index in [9.17, 15) is 18.3 Å². The van der Waals surface area contributed by atoms with Gasteiger partial charge in [0.15, 0.2) is 0 Å². The molecule has 0 bridgehead atoms. The number of hydrogen-bond acceptors (Lipinski definition) is 5. The molecule has 33 heavy (non-hydrogen) atoms. The first-order valence-corrected chi connectivity index (χ1v) is 11.1. The van der Waals surface area contributed by atoms with Gasteiger partial charge in [0.2, 0.25) is 5.82 Å². The van der Waals surface area contributed by atoms with Gasteiger partial charge in [0, 0.05) is 32.7 Å². The molecule has 0 amide bonds. The van der Waals surface area contributed by atoms with Crippen molar-refractivity contribution in [3.05, 3.63) is 65.5 Å². The van der Waals surface area contributed by atoms with Crippen molar-refractivity contribution in [1.82, 2.24) is 19.4 Å². The molecule has 0 saturated carbocycles. The molecule has 6 nitrogen and oxygen atoms in total. The summed E-state index contributed by atoms with van der Waals surface area (Å²) in [6.07, 6.45) is -5.57. The van der Waals surface area contributed by atoms with Gasteiger partial charge >= 0.3 is 6.18 Å². The van der Waals surface area contributed by atoms with Crippen LogP contribution in [-0.4, -0.2) is 70.5 Å². The van der Waals surface area contributed by atoms with E-state index in [-0.39, 0.29) is 18.6 Å². The van der Waals surface area contributed by atoms with Crippen LogP contribution in [0.25, 0.3) is 11.0 Å². The second-order valence-corrected chi connectivity index (χ2v) is 8.59. The first-order chi connectivity index (χ1) is 15.8. The average molecular weight is 463 g/mol. The van der Waals surface area contributed by atoms with Crippen molar-refractivity contribution in [2.24, 2.45) is 0 Å². The molecule has 1 aliphatic heterocycles. The maximum Gasteiger partial charge on any atom is 0.449 e. The number of rotatable bonds is 8. The number of morpholine rings is 1. The lowest BCUT2D eigenvalue weighted by atomic mass is 10.1. The number of benzene rings is 2. The molecule has 3 aromatic rings. The number of nitrogens with zero attached hydrogens (tertiary/aromatic N) is 4. The fraction of sp³-hybridized carbons (Fsp3) is 0.458. The predicted molar refractivity (Wildman–Crippen MR) is 120 cm³/mol. The number of imidazole rings is 1. The SMILES string of the molecule is CN(Cc1cccc(CN2CCOCC2)c1)C[C@@H](O)Cn1c(C(F)(F)F)nc2ccccc21. The molecule has 0 aliphatic carbocycles. The van der Waals surface area contributed by atoms with Gasteiger partial charge in [0.1, 0.15) is 0 Å². The maximum absolute atomic E-state index is 13.5. The van der Waals surface area contributed by atoms with Crippen molar-refractivity contribution in [3.8, 4) is 0 Å². The summed E-state index contributed by atoms with van der Waals surface area (Å²) >= 11 is 0. The second kappa shape index (κ2) is 10.2. The number of fused-ring (bicyclic) bond motifs is 1. The number of hydrogen-bond donors (Lipinski definition) is 1. The Labute approximate surface area is 191 Å². The third-order valence-corrected chi connectivity index (χ3v) is 5.78.